The molecule has 0 aliphatic carbocycles. The predicted octanol–water partition coefficient (Wildman–Crippen LogP) is 1.78. The van der Waals surface area contributed by atoms with Gasteiger partial charge in [0.05, 0.1) is 0 Å². The lowest BCUT2D eigenvalue weighted by molar-refractivity contribution is 0.0671. The van der Waals surface area contributed by atoms with Crippen LogP contribution in [-0.4, -0.2) is 46.1 Å². The van der Waals surface area contributed by atoms with Gasteiger partial charge in [-0.1, -0.05) is 6.92 Å². The molecule has 3 N–H and O–H groups in total. The Hall–Kier alpha value is -0.970. The molecule has 0 spiro atoms. The molecule has 0 bridgehead atoms. The van der Waals surface area contributed by atoms with Crippen molar-refractivity contribution >= 4 is 29.9 Å². The van der Waals surface area contributed by atoms with Crippen LogP contribution in [0.15, 0.2) is 17.4 Å². The van der Waals surface area contributed by atoms with Gasteiger partial charge in [0.15, 0.2) is 5.96 Å². The first-order valence-corrected chi connectivity index (χ1v) is 7.19. The molecule has 2 rings (SSSR count). The van der Waals surface area contributed by atoms with Crippen LogP contribution in [0.2, 0.25) is 0 Å². The van der Waals surface area contributed by atoms with Gasteiger partial charge in [0.2, 0.25) is 0 Å². The Kier molecular flexibility index (Phi) is 8.01. The normalized spacial score (nSPS) is 19.5. The fourth-order valence-corrected chi connectivity index (χ4v) is 2.62. The number of hydrogen-bond acceptors (Lipinski definition) is 3. The third-order valence-corrected chi connectivity index (χ3v) is 3.77. The number of guanidine groups is 1. The molecule has 1 aromatic rings. The molecule has 22 heavy (non-hydrogen) atoms. The van der Waals surface area contributed by atoms with E-state index in [0.717, 1.165) is 30.6 Å². The summed E-state index contributed by atoms with van der Waals surface area (Å²) >= 11 is 0. The average Bonchev–Trinajstić information content (AvgIpc) is 3.11. The monoisotopic (exact) mass is 428 g/mol. The van der Waals surface area contributed by atoms with Gasteiger partial charge in [-0.25, -0.2) is 9.98 Å². The predicted molar refractivity (Wildman–Crippen MR) is 92.5 cm³/mol. The van der Waals surface area contributed by atoms with E-state index in [4.69, 9.17) is 5.73 Å². The van der Waals surface area contributed by atoms with Gasteiger partial charge in [0.25, 0.3) is 0 Å². The standard InChI is InChI=1S/C13H22F2N6.HI/c1-2-20-6-3-4-10(20)8-18-13(16)19-9-11-17-5-7-21(11)12(14)15;/h5,7,10,12H,2-4,6,8-9H2,1H3,(H3,16,18,19);1H. The summed E-state index contributed by atoms with van der Waals surface area (Å²) in [6.07, 6.45) is 4.90. The van der Waals surface area contributed by atoms with Gasteiger partial charge in [-0.05, 0) is 25.9 Å². The number of hydrogen-bond donors (Lipinski definition) is 2. The number of alkyl halides is 2. The SMILES string of the molecule is CCN1CCCC1CNC(N)=NCc1nccn1C(F)F.I. The van der Waals surface area contributed by atoms with Crippen molar-refractivity contribution in [3.8, 4) is 0 Å². The van der Waals surface area contributed by atoms with E-state index in [1.54, 1.807) is 0 Å². The summed E-state index contributed by atoms with van der Waals surface area (Å²) in [6.45, 7) is 2.44. The van der Waals surface area contributed by atoms with Crippen LogP contribution in [0.3, 0.4) is 0 Å². The van der Waals surface area contributed by atoms with Crippen molar-refractivity contribution in [2.75, 3.05) is 19.6 Å². The van der Waals surface area contributed by atoms with Crippen molar-refractivity contribution in [1.82, 2.24) is 19.8 Å². The van der Waals surface area contributed by atoms with Gasteiger partial charge in [-0.15, -0.1) is 24.0 Å². The highest BCUT2D eigenvalue weighted by Crippen LogP contribution is 2.15. The number of aromatic nitrogens is 2. The van der Waals surface area contributed by atoms with Gasteiger partial charge in [0.1, 0.15) is 12.4 Å². The quantitative estimate of drug-likeness (QED) is 0.412. The number of rotatable bonds is 6. The highest BCUT2D eigenvalue weighted by atomic mass is 127. The summed E-state index contributed by atoms with van der Waals surface area (Å²) in [4.78, 5) is 10.3. The van der Waals surface area contributed by atoms with Crippen LogP contribution in [0.4, 0.5) is 8.78 Å². The third kappa shape index (κ3) is 5.04. The Morgan fingerprint density at radius 1 is 1.59 bits per heavy atom. The minimum absolute atomic E-state index is 0. The molecule has 0 radical (unpaired) electrons. The van der Waals surface area contributed by atoms with Gasteiger partial charge in [-0.3, -0.25) is 9.47 Å². The molecular formula is C13H23F2IN6. The lowest BCUT2D eigenvalue weighted by atomic mass is 10.2. The molecule has 1 aromatic heterocycles. The van der Waals surface area contributed by atoms with E-state index in [1.807, 2.05) is 0 Å². The summed E-state index contributed by atoms with van der Waals surface area (Å²) in [5.74, 6) is 0.465. The topological polar surface area (TPSA) is 71.5 Å². The zero-order valence-corrected chi connectivity index (χ0v) is 14.9. The molecule has 0 aromatic carbocycles. The molecule has 6 nitrogen and oxygen atoms in total. The molecule has 1 saturated heterocycles. The van der Waals surface area contributed by atoms with Crippen LogP contribution in [0.1, 0.15) is 32.1 Å². The number of likely N-dealkylation sites (N-methyl/N-ethyl adjacent to an activating group) is 1. The molecular weight excluding hydrogens is 405 g/mol. The van der Waals surface area contributed by atoms with Crippen molar-refractivity contribution in [3.63, 3.8) is 0 Å². The van der Waals surface area contributed by atoms with Crippen molar-refractivity contribution in [2.24, 2.45) is 10.7 Å². The molecule has 9 heteroatoms. The zero-order valence-electron chi connectivity index (χ0n) is 12.6. The fraction of sp³-hybridized carbons (Fsp3) is 0.692. The largest absolute Gasteiger partial charge is 0.370 e. The van der Waals surface area contributed by atoms with Crippen molar-refractivity contribution in [1.29, 1.82) is 0 Å². The van der Waals surface area contributed by atoms with Crippen LogP contribution in [0, 0.1) is 0 Å². The number of nitrogens with two attached hydrogens (primary N) is 1. The number of likely N-dealkylation sites (tertiary alicyclic amines) is 1. The van der Waals surface area contributed by atoms with Crippen molar-refractivity contribution in [2.45, 2.75) is 38.9 Å². The van der Waals surface area contributed by atoms with Crippen molar-refractivity contribution < 1.29 is 8.78 Å². The number of imidazole rings is 1. The Morgan fingerprint density at radius 2 is 2.36 bits per heavy atom. The summed E-state index contributed by atoms with van der Waals surface area (Å²) in [5, 5.41) is 3.06. The molecule has 126 valence electrons. The zero-order chi connectivity index (χ0) is 15.2. The Balaban J connectivity index is 0.00000242. The minimum atomic E-state index is -2.61. The Bertz CT molecular complexity index is 479. The fourth-order valence-electron chi connectivity index (χ4n) is 2.62. The van der Waals surface area contributed by atoms with Crippen LogP contribution < -0.4 is 11.1 Å². The number of nitrogens with zero attached hydrogens (tertiary/aromatic N) is 4. The van der Waals surface area contributed by atoms with E-state index in [0.29, 0.717) is 6.04 Å². The van der Waals surface area contributed by atoms with Crippen LogP contribution in [0.25, 0.3) is 0 Å². The Labute approximate surface area is 146 Å². The minimum Gasteiger partial charge on any atom is -0.370 e. The summed E-state index contributed by atoms with van der Waals surface area (Å²) in [5.41, 5.74) is 5.78. The first-order chi connectivity index (χ1) is 10.1. The van der Waals surface area contributed by atoms with Gasteiger partial charge in [-0.2, -0.15) is 8.78 Å². The maximum absolute atomic E-state index is 12.6. The lowest BCUT2D eigenvalue weighted by Gasteiger charge is -2.23. The summed E-state index contributed by atoms with van der Waals surface area (Å²) in [7, 11) is 0. The van der Waals surface area contributed by atoms with E-state index in [-0.39, 0.29) is 42.3 Å². The summed E-state index contributed by atoms with van der Waals surface area (Å²) in [6, 6.07) is 0.465. The number of nitrogens with one attached hydrogen (secondary N) is 1. The second kappa shape index (κ2) is 9.23. The van der Waals surface area contributed by atoms with Crippen LogP contribution in [0.5, 0.6) is 0 Å². The Morgan fingerprint density at radius 3 is 3.05 bits per heavy atom. The van der Waals surface area contributed by atoms with E-state index in [1.165, 1.54) is 18.8 Å². The molecule has 2 heterocycles. The van der Waals surface area contributed by atoms with Gasteiger partial charge >= 0.3 is 6.55 Å². The molecule has 1 fully saturated rings. The second-order valence-electron chi connectivity index (χ2n) is 5.04. The maximum atomic E-state index is 12.6. The molecule has 1 aliphatic rings. The highest BCUT2D eigenvalue weighted by molar-refractivity contribution is 14.0. The molecule has 1 aliphatic heterocycles. The molecule has 1 unspecified atom stereocenters. The molecule has 1 atom stereocenters. The van der Waals surface area contributed by atoms with Gasteiger partial charge in [0, 0.05) is 25.0 Å². The second-order valence-corrected chi connectivity index (χ2v) is 5.04. The first-order valence-electron chi connectivity index (χ1n) is 7.19. The van der Waals surface area contributed by atoms with E-state index in [2.05, 4.69) is 27.1 Å². The van der Waals surface area contributed by atoms with Crippen LogP contribution >= 0.6 is 24.0 Å². The van der Waals surface area contributed by atoms with Gasteiger partial charge < -0.3 is 11.1 Å². The van der Waals surface area contributed by atoms with Crippen molar-refractivity contribution in [3.05, 3.63) is 18.2 Å². The highest BCUT2D eigenvalue weighted by Gasteiger charge is 2.22. The smallest absolute Gasteiger partial charge is 0.319 e. The van der Waals surface area contributed by atoms with E-state index in [9.17, 15) is 8.78 Å². The lowest BCUT2D eigenvalue weighted by Crippen LogP contribution is -2.42. The number of halogens is 3. The average molecular weight is 428 g/mol. The van der Waals surface area contributed by atoms with E-state index < -0.39 is 6.55 Å². The van der Waals surface area contributed by atoms with E-state index >= 15 is 0 Å². The molecule has 0 amide bonds. The first kappa shape index (κ1) is 19.1. The third-order valence-electron chi connectivity index (χ3n) is 3.77. The maximum Gasteiger partial charge on any atom is 0.319 e. The summed E-state index contributed by atoms with van der Waals surface area (Å²) < 4.78 is 26.1. The number of aliphatic imine (C=N–C) groups is 1. The molecule has 0 saturated carbocycles. The van der Waals surface area contributed by atoms with Crippen LogP contribution in [-0.2, 0) is 6.54 Å².